The molecule has 0 aliphatic rings. The number of nitrogens with zero attached hydrogens (tertiary/aromatic N) is 1. The van der Waals surface area contributed by atoms with Crippen LogP contribution in [0.3, 0.4) is 0 Å². The molecule has 0 saturated carbocycles. The SMILES string of the molecule is CNCCN(C)C(=O)C(C)NS(=O)(=O)c1cccs1.Cl. The van der Waals surface area contributed by atoms with Crippen molar-refractivity contribution in [2.75, 3.05) is 27.2 Å². The van der Waals surface area contributed by atoms with E-state index in [0.29, 0.717) is 13.1 Å². The molecule has 1 unspecified atom stereocenters. The van der Waals surface area contributed by atoms with Gasteiger partial charge < -0.3 is 10.2 Å². The third-order valence-corrected chi connectivity index (χ3v) is 5.47. The first-order valence-corrected chi connectivity index (χ1v) is 8.20. The highest BCUT2D eigenvalue weighted by molar-refractivity contribution is 7.91. The molecule has 0 saturated heterocycles. The van der Waals surface area contributed by atoms with E-state index in [1.165, 1.54) is 11.0 Å². The fourth-order valence-corrected chi connectivity index (χ4v) is 3.68. The van der Waals surface area contributed by atoms with Crippen LogP contribution in [-0.4, -0.2) is 52.5 Å². The van der Waals surface area contributed by atoms with Crippen LogP contribution in [0, 0.1) is 0 Å². The van der Waals surface area contributed by atoms with Gasteiger partial charge in [-0.3, -0.25) is 4.79 Å². The summed E-state index contributed by atoms with van der Waals surface area (Å²) < 4.78 is 26.5. The van der Waals surface area contributed by atoms with E-state index in [1.54, 1.807) is 32.5 Å². The predicted octanol–water partition coefficient (Wildman–Crippen LogP) is 0.514. The highest BCUT2D eigenvalue weighted by Gasteiger charge is 2.24. The number of rotatable bonds is 7. The maximum absolute atomic E-state index is 12.0. The van der Waals surface area contributed by atoms with Gasteiger partial charge in [-0.05, 0) is 25.4 Å². The van der Waals surface area contributed by atoms with Crippen molar-refractivity contribution >= 4 is 39.7 Å². The van der Waals surface area contributed by atoms with Gasteiger partial charge in [0.25, 0.3) is 10.0 Å². The third-order valence-electron chi connectivity index (χ3n) is 2.54. The Labute approximate surface area is 130 Å². The summed E-state index contributed by atoms with van der Waals surface area (Å²) in [5, 5.41) is 4.61. The maximum atomic E-state index is 12.0. The molecule has 1 aromatic rings. The van der Waals surface area contributed by atoms with Crippen LogP contribution in [0.2, 0.25) is 0 Å². The van der Waals surface area contributed by atoms with Crippen LogP contribution in [-0.2, 0) is 14.8 Å². The lowest BCUT2D eigenvalue weighted by molar-refractivity contribution is -0.131. The normalized spacial score (nSPS) is 12.6. The summed E-state index contributed by atoms with van der Waals surface area (Å²) in [6, 6.07) is 2.38. The van der Waals surface area contributed by atoms with E-state index in [-0.39, 0.29) is 22.5 Å². The minimum Gasteiger partial charge on any atom is -0.343 e. The Hall–Kier alpha value is -0.670. The lowest BCUT2D eigenvalue weighted by Gasteiger charge is -2.21. The number of hydrogen-bond acceptors (Lipinski definition) is 5. The van der Waals surface area contributed by atoms with E-state index < -0.39 is 16.1 Å². The molecular weight excluding hydrogens is 322 g/mol. The summed E-state index contributed by atoms with van der Waals surface area (Å²) >= 11 is 1.12. The van der Waals surface area contributed by atoms with Crippen molar-refractivity contribution in [1.82, 2.24) is 14.9 Å². The Morgan fingerprint density at radius 1 is 1.50 bits per heavy atom. The van der Waals surface area contributed by atoms with E-state index in [4.69, 9.17) is 0 Å². The zero-order valence-corrected chi connectivity index (χ0v) is 14.1. The van der Waals surface area contributed by atoms with Crippen LogP contribution in [0.4, 0.5) is 0 Å². The monoisotopic (exact) mass is 341 g/mol. The van der Waals surface area contributed by atoms with E-state index >= 15 is 0 Å². The van der Waals surface area contributed by atoms with Crippen molar-refractivity contribution in [3.8, 4) is 0 Å². The standard InChI is InChI=1S/C11H19N3O3S2.ClH/c1-9(11(15)14(3)7-6-12-2)13-19(16,17)10-5-4-8-18-10;/h4-5,8-9,12-13H,6-7H2,1-3H3;1H. The molecule has 1 rings (SSSR count). The number of carbonyl (C=O) groups excluding carboxylic acids is 1. The van der Waals surface area contributed by atoms with Gasteiger partial charge in [-0.25, -0.2) is 8.42 Å². The van der Waals surface area contributed by atoms with Gasteiger partial charge in [-0.2, -0.15) is 4.72 Å². The highest BCUT2D eigenvalue weighted by Crippen LogP contribution is 2.15. The quantitative estimate of drug-likeness (QED) is 0.757. The average molecular weight is 342 g/mol. The fraction of sp³-hybridized carbons (Fsp3) is 0.545. The van der Waals surface area contributed by atoms with Crippen LogP contribution in [0.1, 0.15) is 6.92 Å². The third kappa shape index (κ3) is 5.37. The molecule has 9 heteroatoms. The smallest absolute Gasteiger partial charge is 0.250 e. The zero-order chi connectivity index (χ0) is 14.5. The molecule has 2 N–H and O–H groups in total. The topological polar surface area (TPSA) is 78.5 Å². The highest BCUT2D eigenvalue weighted by atomic mass is 35.5. The number of sulfonamides is 1. The second-order valence-corrected chi connectivity index (χ2v) is 7.03. The molecule has 1 amide bonds. The van der Waals surface area contributed by atoms with Gasteiger partial charge in [0, 0.05) is 20.1 Å². The molecule has 1 aromatic heterocycles. The molecule has 116 valence electrons. The molecule has 1 atom stereocenters. The number of carbonyl (C=O) groups is 1. The first kappa shape index (κ1) is 19.3. The van der Waals surface area contributed by atoms with Crippen LogP contribution in [0.15, 0.2) is 21.7 Å². The number of halogens is 1. The van der Waals surface area contributed by atoms with Crippen molar-refractivity contribution in [1.29, 1.82) is 0 Å². The van der Waals surface area contributed by atoms with Crippen LogP contribution in [0.5, 0.6) is 0 Å². The summed E-state index contributed by atoms with van der Waals surface area (Å²) in [5.74, 6) is -0.254. The van der Waals surface area contributed by atoms with Gasteiger partial charge in [-0.15, -0.1) is 23.7 Å². The molecule has 0 aliphatic carbocycles. The summed E-state index contributed by atoms with van der Waals surface area (Å²) in [5.41, 5.74) is 0. The van der Waals surface area contributed by atoms with Gasteiger partial charge in [0.05, 0.1) is 6.04 Å². The van der Waals surface area contributed by atoms with Crippen LogP contribution >= 0.6 is 23.7 Å². The molecule has 1 heterocycles. The van der Waals surface area contributed by atoms with Gasteiger partial charge in [0.1, 0.15) is 4.21 Å². The number of likely N-dealkylation sites (N-methyl/N-ethyl adjacent to an activating group) is 2. The first-order valence-electron chi connectivity index (χ1n) is 5.84. The number of thiophene rings is 1. The van der Waals surface area contributed by atoms with Crippen molar-refractivity contribution in [2.45, 2.75) is 17.2 Å². The molecule has 0 aliphatic heterocycles. The van der Waals surface area contributed by atoms with Gasteiger partial charge >= 0.3 is 0 Å². The zero-order valence-electron chi connectivity index (χ0n) is 11.6. The maximum Gasteiger partial charge on any atom is 0.250 e. The Morgan fingerprint density at radius 3 is 2.65 bits per heavy atom. The summed E-state index contributed by atoms with van der Waals surface area (Å²) in [4.78, 5) is 13.5. The first-order chi connectivity index (χ1) is 8.88. The minimum atomic E-state index is -3.61. The lowest BCUT2D eigenvalue weighted by Crippen LogP contribution is -2.46. The minimum absolute atomic E-state index is 0. The van der Waals surface area contributed by atoms with Crippen molar-refractivity contribution in [2.24, 2.45) is 0 Å². The Balaban J connectivity index is 0.00000361. The van der Waals surface area contributed by atoms with Gasteiger partial charge in [0.2, 0.25) is 5.91 Å². The molecule has 0 radical (unpaired) electrons. The summed E-state index contributed by atoms with van der Waals surface area (Å²) in [7, 11) is -0.169. The molecule has 0 fully saturated rings. The fourth-order valence-electron chi connectivity index (χ4n) is 1.48. The van der Waals surface area contributed by atoms with Crippen molar-refractivity contribution in [3.05, 3.63) is 17.5 Å². The summed E-state index contributed by atoms with van der Waals surface area (Å²) in [6.07, 6.45) is 0. The predicted molar refractivity (Wildman–Crippen MR) is 82.9 cm³/mol. The summed E-state index contributed by atoms with van der Waals surface area (Å²) in [6.45, 7) is 2.73. The Morgan fingerprint density at radius 2 is 2.15 bits per heavy atom. The molecule has 20 heavy (non-hydrogen) atoms. The number of amides is 1. The van der Waals surface area contributed by atoms with Gasteiger partial charge in [-0.1, -0.05) is 6.07 Å². The Bertz CT molecular complexity index is 505. The number of nitrogens with one attached hydrogen (secondary N) is 2. The largest absolute Gasteiger partial charge is 0.343 e. The van der Waals surface area contributed by atoms with Crippen molar-refractivity contribution < 1.29 is 13.2 Å². The van der Waals surface area contributed by atoms with E-state index in [9.17, 15) is 13.2 Å². The molecule has 6 nitrogen and oxygen atoms in total. The second-order valence-electron chi connectivity index (χ2n) is 4.14. The van der Waals surface area contributed by atoms with Gasteiger partial charge in [0.15, 0.2) is 0 Å². The average Bonchev–Trinajstić information content (AvgIpc) is 2.88. The number of hydrogen-bond donors (Lipinski definition) is 2. The second kappa shape index (κ2) is 8.58. The van der Waals surface area contributed by atoms with E-state index in [1.807, 2.05) is 0 Å². The van der Waals surface area contributed by atoms with Crippen LogP contribution in [0.25, 0.3) is 0 Å². The molecule has 0 aromatic carbocycles. The van der Waals surface area contributed by atoms with E-state index in [0.717, 1.165) is 11.3 Å². The lowest BCUT2D eigenvalue weighted by atomic mass is 10.3. The molecule has 0 bridgehead atoms. The molecular formula is C11H20ClN3O3S2. The van der Waals surface area contributed by atoms with Crippen LogP contribution < -0.4 is 10.0 Å². The Kier molecular flexibility index (Phi) is 8.29. The van der Waals surface area contributed by atoms with E-state index in [2.05, 4.69) is 10.0 Å². The van der Waals surface area contributed by atoms with Crippen molar-refractivity contribution in [3.63, 3.8) is 0 Å². The molecule has 0 spiro atoms.